The van der Waals surface area contributed by atoms with Gasteiger partial charge in [-0.3, -0.25) is 19.2 Å². The predicted octanol–water partition coefficient (Wildman–Crippen LogP) is 4.06. The molecule has 4 amide bonds. The van der Waals surface area contributed by atoms with Gasteiger partial charge in [-0.15, -0.1) is 0 Å². The molecule has 1 unspecified atom stereocenters. The molecule has 4 rings (SSSR count). The third-order valence-corrected chi connectivity index (χ3v) is 8.36. The van der Waals surface area contributed by atoms with E-state index in [2.05, 4.69) is 10.6 Å². The normalized spacial score (nSPS) is 21.7. The van der Waals surface area contributed by atoms with Gasteiger partial charge in [0, 0.05) is 31.5 Å². The SMILES string of the molecule is CC[C@@H](C)C(=O)NC1CN(C(=O)CC(C)C)CC[C@H]2CC[C@@H](C(=O)NC(c3ccccc3)c3ccccc3)N2C1=O. The van der Waals surface area contributed by atoms with Crippen LogP contribution in [0.3, 0.4) is 0 Å². The molecule has 0 bridgehead atoms. The minimum absolute atomic E-state index is 0.00936. The fraction of sp³-hybridized carbons (Fsp3) is 0.515. The molecule has 220 valence electrons. The van der Waals surface area contributed by atoms with Gasteiger partial charge in [0.25, 0.3) is 0 Å². The van der Waals surface area contributed by atoms with Crippen LogP contribution in [0.1, 0.15) is 77.0 Å². The third-order valence-electron chi connectivity index (χ3n) is 8.36. The van der Waals surface area contributed by atoms with Crippen LogP contribution in [0.4, 0.5) is 0 Å². The Kier molecular flexibility index (Phi) is 10.2. The van der Waals surface area contributed by atoms with Gasteiger partial charge in [-0.25, -0.2) is 0 Å². The Balaban J connectivity index is 1.60. The highest BCUT2D eigenvalue weighted by Gasteiger charge is 2.45. The van der Waals surface area contributed by atoms with Crippen LogP contribution in [0, 0.1) is 11.8 Å². The second-order valence-electron chi connectivity index (χ2n) is 11.9. The summed E-state index contributed by atoms with van der Waals surface area (Å²) in [5.74, 6) is -0.798. The summed E-state index contributed by atoms with van der Waals surface area (Å²) >= 11 is 0. The number of hydrogen-bond acceptors (Lipinski definition) is 4. The molecule has 8 nitrogen and oxygen atoms in total. The first-order valence-corrected chi connectivity index (χ1v) is 15.0. The number of nitrogens with zero attached hydrogens (tertiary/aromatic N) is 2. The Hall–Kier alpha value is -3.68. The standard InChI is InChI=1S/C33H44N4O4/c1-5-23(4)31(39)34-27-21-36(29(38)20-22(2)3)19-18-26-16-17-28(37(26)33(27)41)32(40)35-30(24-12-8-6-9-13-24)25-14-10-7-11-15-25/h6-15,22-23,26-28,30H,5,16-21H2,1-4H3,(H,34,39)(H,35,40)/t23-,26-,27?,28+/m1/s1. The van der Waals surface area contributed by atoms with Gasteiger partial charge in [0.05, 0.1) is 6.04 Å². The maximum absolute atomic E-state index is 14.2. The molecule has 2 N–H and O–H groups in total. The van der Waals surface area contributed by atoms with E-state index in [9.17, 15) is 19.2 Å². The lowest BCUT2D eigenvalue weighted by molar-refractivity contribution is -0.147. The highest BCUT2D eigenvalue weighted by molar-refractivity contribution is 5.94. The fourth-order valence-electron chi connectivity index (χ4n) is 5.83. The lowest BCUT2D eigenvalue weighted by Gasteiger charge is -2.39. The van der Waals surface area contributed by atoms with Crippen LogP contribution < -0.4 is 10.6 Å². The first-order valence-electron chi connectivity index (χ1n) is 15.0. The number of rotatable bonds is 9. The van der Waals surface area contributed by atoms with Crippen LogP contribution >= 0.6 is 0 Å². The molecule has 0 aromatic heterocycles. The van der Waals surface area contributed by atoms with Crippen LogP contribution in [0.5, 0.6) is 0 Å². The molecule has 2 aromatic rings. The molecule has 8 heteroatoms. The monoisotopic (exact) mass is 560 g/mol. The van der Waals surface area contributed by atoms with Crippen molar-refractivity contribution in [1.29, 1.82) is 0 Å². The van der Waals surface area contributed by atoms with Crippen LogP contribution in [-0.2, 0) is 19.2 Å². The van der Waals surface area contributed by atoms with E-state index in [1.165, 1.54) is 0 Å². The molecule has 2 saturated heterocycles. The second kappa shape index (κ2) is 13.8. The molecule has 0 spiro atoms. The van der Waals surface area contributed by atoms with Crippen molar-refractivity contribution in [2.75, 3.05) is 13.1 Å². The summed E-state index contributed by atoms with van der Waals surface area (Å²) in [4.78, 5) is 57.5. The lowest BCUT2D eigenvalue weighted by atomic mass is 9.98. The third kappa shape index (κ3) is 7.34. The Bertz CT molecular complexity index is 1160. The summed E-state index contributed by atoms with van der Waals surface area (Å²) in [5, 5.41) is 6.16. The highest BCUT2D eigenvalue weighted by Crippen LogP contribution is 2.31. The maximum Gasteiger partial charge on any atom is 0.247 e. The maximum atomic E-state index is 14.2. The Morgan fingerprint density at radius 2 is 1.51 bits per heavy atom. The Morgan fingerprint density at radius 1 is 0.902 bits per heavy atom. The van der Waals surface area contributed by atoms with Crippen molar-refractivity contribution >= 4 is 23.6 Å². The van der Waals surface area contributed by atoms with Gasteiger partial charge in [-0.1, -0.05) is 88.4 Å². The van der Waals surface area contributed by atoms with Crippen molar-refractivity contribution in [2.24, 2.45) is 11.8 Å². The van der Waals surface area contributed by atoms with Gasteiger partial charge in [-0.2, -0.15) is 0 Å². The molecular weight excluding hydrogens is 516 g/mol. The summed E-state index contributed by atoms with van der Waals surface area (Å²) in [5.41, 5.74) is 1.91. The zero-order valence-electron chi connectivity index (χ0n) is 24.7. The van der Waals surface area contributed by atoms with Crippen molar-refractivity contribution in [3.63, 3.8) is 0 Å². The van der Waals surface area contributed by atoms with Crippen LogP contribution in [-0.4, -0.2) is 64.6 Å². The van der Waals surface area contributed by atoms with Crippen molar-refractivity contribution in [3.05, 3.63) is 71.8 Å². The van der Waals surface area contributed by atoms with E-state index in [4.69, 9.17) is 0 Å². The molecule has 4 atom stereocenters. The summed E-state index contributed by atoms with van der Waals surface area (Å²) in [6.45, 7) is 8.34. The zero-order chi connectivity index (χ0) is 29.5. The average Bonchev–Trinajstić information content (AvgIpc) is 3.39. The summed E-state index contributed by atoms with van der Waals surface area (Å²) in [6.07, 6.45) is 2.83. The highest BCUT2D eigenvalue weighted by atomic mass is 16.2. The quantitative estimate of drug-likeness (QED) is 0.483. The van der Waals surface area contributed by atoms with E-state index < -0.39 is 12.1 Å². The molecule has 0 radical (unpaired) electrons. The zero-order valence-corrected chi connectivity index (χ0v) is 24.7. The largest absolute Gasteiger partial charge is 0.343 e. The van der Waals surface area contributed by atoms with Crippen molar-refractivity contribution < 1.29 is 19.2 Å². The van der Waals surface area contributed by atoms with Gasteiger partial charge >= 0.3 is 0 Å². The van der Waals surface area contributed by atoms with Gasteiger partial charge in [0.2, 0.25) is 23.6 Å². The molecule has 2 heterocycles. The fourth-order valence-corrected chi connectivity index (χ4v) is 5.83. The molecular formula is C33H44N4O4. The van der Waals surface area contributed by atoms with E-state index in [1.807, 2.05) is 88.4 Å². The van der Waals surface area contributed by atoms with Gasteiger partial charge in [-0.05, 0) is 42.7 Å². The van der Waals surface area contributed by atoms with Gasteiger partial charge < -0.3 is 20.4 Å². The van der Waals surface area contributed by atoms with Gasteiger partial charge in [0.1, 0.15) is 12.1 Å². The number of benzene rings is 2. The minimum Gasteiger partial charge on any atom is -0.343 e. The number of hydrogen-bond donors (Lipinski definition) is 2. The van der Waals surface area contributed by atoms with E-state index in [-0.39, 0.29) is 54.1 Å². The van der Waals surface area contributed by atoms with Gasteiger partial charge in [0.15, 0.2) is 0 Å². The average molecular weight is 561 g/mol. The minimum atomic E-state index is -0.900. The molecule has 2 aliphatic rings. The first kappa shape index (κ1) is 30.3. The lowest BCUT2D eigenvalue weighted by Crippen LogP contribution is -2.61. The van der Waals surface area contributed by atoms with Crippen LogP contribution in [0.2, 0.25) is 0 Å². The number of carbonyl (C=O) groups excluding carboxylic acids is 4. The van der Waals surface area contributed by atoms with Crippen molar-refractivity contribution in [3.8, 4) is 0 Å². The molecule has 2 fully saturated rings. The van der Waals surface area contributed by atoms with Crippen molar-refractivity contribution in [1.82, 2.24) is 20.4 Å². The smallest absolute Gasteiger partial charge is 0.247 e. The number of carbonyl (C=O) groups is 4. The number of amides is 4. The summed E-state index contributed by atoms with van der Waals surface area (Å²) in [7, 11) is 0. The Labute approximate surface area is 243 Å². The summed E-state index contributed by atoms with van der Waals surface area (Å²) < 4.78 is 0. The van der Waals surface area contributed by atoms with E-state index in [1.54, 1.807) is 9.80 Å². The van der Waals surface area contributed by atoms with Crippen molar-refractivity contribution in [2.45, 2.75) is 84.0 Å². The predicted molar refractivity (Wildman–Crippen MR) is 159 cm³/mol. The molecule has 2 aliphatic heterocycles. The van der Waals surface area contributed by atoms with E-state index >= 15 is 0 Å². The molecule has 0 aliphatic carbocycles. The Morgan fingerprint density at radius 3 is 2.07 bits per heavy atom. The van der Waals surface area contributed by atoms with E-state index in [0.29, 0.717) is 38.6 Å². The topological polar surface area (TPSA) is 98.8 Å². The molecule has 41 heavy (non-hydrogen) atoms. The number of nitrogens with one attached hydrogen (secondary N) is 2. The number of fused-ring (bicyclic) bond motifs is 1. The summed E-state index contributed by atoms with van der Waals surface area (Å²) in [6, 6.07) is 17.5. The first-order chi connectivity index (χ1) is 19.7. The molecule has 0 saturated carbocycles. The van der Waals surface area contributed by atoms with Crippen LogP contribution in [0.25, 0.3) is 0 Å². The van der Waals surface area contributed by atoms with Crippen LogP contribution in [0.15, 0.2) is 60.7 Å². The molecule has 2 aromatic carbocycles. The second-order valence-corrected chi connectivity index (χ2v) is 11.9. The van der Waals surface area contributed by atoms with E-state index in [0.717, 1.165) is 11.1 Å².